The van der Waals surface area contributed by atoms with Crippen LogP contribution >= 0.6 is 11.6 Å². The molecule has 3 aliphatic heterocycles. The summed E-state index contributed by atoms with van der Waals surface area (Å²) >= 11 is 6.26. The molecule has 0 radical (unpaired) electrons. The van der Waals surface area contributed by atoms with E-state index in [0.29, 0.717) is 34.2 Å². The summed E-state index contributed by atoms with van der Waals surface area (Å²) in [7, 11) is 0. The minimum absolute atomic E-state index is 0.152. The Hall–Kier alpha value is -3.25. The third-order valence-corrected chi connectivity index (χ3v) is 5.71. The third-order valence-electron chi connectivity index (χ3n) is 5.48. The molecule has 138 valence electrons. The maximum absolute atomic E-state index is 13.3. The largest absolute Gasteiger partial charge is 0.463 e. The number of carbonyl (C=O) groups excluding carboxylic acids is 1. The van der Waals surface area contributed by atoms with Crippen LogP contribution in [-0.2, 0) is 10.5 Å². The lowest BCUT2D eigenvalue weighted by Crippen LogP contribution is -2.55. The fraction of sp³-hybridized carbons (Fsp3) is 0.143. The standard InChI is InChI=1S/C21H14ClN3O3/c22-12-7-8-15-14(10-12)21(20(26)23-15)25-17(13-4-1-2-5-18(13)28-21)11-16(24-25)19-6-3-9-27-19/h1-10,17H,11H2,(H,23,26)/t17-,21+/m0/s1. The number of nitrogens with one attached hydrogen (secondary N) is 1. The van der Waals surface area contributed by atoms with Crippen LogP contribution in [-0.4, -0.2) is 16.6 Å². The molecule has 0 bridgehead atoms. The van der Waals surface area contributed by atoms with E-state index in [1.807, 2.05) is 36.4 Å². The van der Waals surface area contributed by atoms with Gasteiger partial charge in [-0.1, -0.05) is 29.8 Å². The number of ether oxygens (including phenoxy) is 1. The van der Waals surface area contributed by atoms with Gasteiger partial charge < -0.3 is 14.5 Å². The maximum Gasteiger partial charge on any atom is 0.306 e. The molecule has 0 unspecified atom stereocenters. The second-order valence-corrected chi connectivity index (χ2v) is 7.45. The number of hydrogen-bond donors (Lipinski definition) is 1. The molecule has 2 aromatic carbocycles. The van der Waals surface area contributed by atoms with Gasteiger partial charge in [-0.3, -0.25) is 4.79 Å². The number of hydrogen-bond acceptors (Lipinski definition) is 5. The van der Waals surface area contributed by atoms with Crippen LogP contribution in [0.25, 0.3) is 0 Å². The van der Waals surface area contributed by atoms with Gasteiger partial charge in [0.1, 0.15) is 17.2 Å². The summed E-state index contributed by atoms with van der Waals surface area (Å²) in [6, 6.07) is 16.6. The summed E-state index contributed by atoms with van der Waals surface area (Å²) in [5.74, 6) is 1.07. The summed E-state index contributed by atoms with van der Waals surface area (Å²) in [5, 5.41) is 10.00. The van der Waals surface area contributed by atoms with Crippen LogP contribution < -0.4 is 10.1 Å². The quantitative estimate of drug-likeness (QED) is 0.672. The average molecular weight is 392 g/mol. The normalized spacial score (nSPS) is 24.3. The van der Waals surface area contributed by atoms with Gasteiger partial charge >= 0.3 is 5.72 Å². The van der Waals surface area contributed by atoms with Crippen molar-refractivity contribution in [1.29, 1.82) is 0 Å². The molecule has 0 saturated carbocycles. The first-order valence-corrected chi connectivity index (χ1v) is 9.35. The Labute approximate surface area is 165 Å². The van der Waals surface area contributed by atoms with Gasteiger partial charge in [-0.05, 0) is 36.4 Å². The number of anilines is 1. The Morgan fingerprint density at radius 3 is 2.93 bits per heavy atom. The smallest absolute Gasteiger partial charge is 0.306 e. The number of halogens is 1. The van der Waals surface area contributed by atoms with E-state index in [4.69, 9.17) is 25.9 Å². The van der Waals surface area contributed by atoms with Crippen molar-refractivity contribution in [2.75, 3.05) is 5.32 Å². The number of carbonyl (C=O) groups is 1. The molecular weight excluding hydrogens is 378 g/mol. The number of benzene rings is 2. The summed E-state index contributed by atoms with van der Waals surface area (Å²) in [4.78, 5) is 13.3. The van der Waals surface area contributed by atoms with Crippen molar-refractivity contribution >= 4 is 28.9 Å². The predicted octanol–water partition coefficient (Wildman–Crippen LogP) is 4.28. The summed E-state index contributed by atoms with van der Waals surface area (Å²) in [6.45, 7) is 0. The van der Waals surface area contributed by atoms with Crippen molar-refractivity contribution in [2.24, 2.45) is 5.10 Å². The van der Waals surface area contributed by atoms with Crippen molar-refractivity contribution in [2.45, 2.75) is 18.2 Å². The zero-order valence-electron chi connectivity index (χ0n) is 14.6. The molecule has 0 saturated heterocycles. The van der Waals surface area contributed by atoms with E-state index in [9.17, 15) is 4.79 Å². The Kier molecular flexibility index (Phi) is 3.04. The van der Waals surface area contributed by atoms with Crippen LogP contribution in [0.5, 0.6) is 5.75 Å². The third kappa shape index (κ3) is 1.93. The minimum atomic E-state index is -1.41. The number of rotatable bonds is 1. The first-order chi connectivity index (χ1) is 13.7. The summed E-state index contributed by atoms with van der Waals surface area (Å²) in [6.07, 6.45) is 2.23. The Bertz CT molecular complexity index is 1160. The van der Waals surface area contributed by atoms with Crippen LogP contribution in [0.1, 0.15) is 29.3 Å². The van der Waals surface area contributed by atoms with Crippen molar-refractivity contribution in [3.63, 3.8) is 0 Å². The molecule has 3 aliphatic rings. The zero-order valence-corrected chi connectivity index (χ0v) is 15.3. The lowest BCUT2D eigenvalue weighted by molar-refractivity contribution is -0.161. The van der Waals surface area contributed by atoms with Crippen LogP contribution in [0, 0.1) is 0 Å². The summed E-state index contributed by atoms with van der Waals surface area (Å²) in [5.41, 5.74) is 1.69. The molecule has 28 heavy (non-hydrogen) atoms. The first kappa shape index (κ1) is 15.8. The number of furan rings is 1. The number of para-hydroxylation sites is 1. The van der Waals surface area contributed by atoms with Crippen LogP contribution in [0.3, 0.4) is 0 Å². The highest BCUT2D eigenvalue weighted by molar-refractivity contribution is 6.31. The van der Waals surface area contributed by atoms with E-state index in [-0.39, 0.29) is 11.9 Å². The highest BCUT2D eigenvalue weighted by atomic mass is 35.5. The van der Waals surface area contributed by atoms with E-state index in [1.165, 1.54) is 0 Å². The van der Waals surface area contributed by atoms with Gasteiger partial charge in [-0.15, -0.1) is 0 Å². The zero-order chi connectivity index (χ0) is 18.9. The predicted molar refractivity (Wildman–Crippen MR) is 103 cm³/mol. The molecular formula is C21H14ClN3O3. The average Bonchev–Trinajstić information content (AvgIpc) is 3.42. The molecule has 0 aliphatic carbocycles. The number of hydrazone groups is 1. The summed E-state index contributed by atoms with van der Waals surface area (Å²) < 4.78 is 11.9. The number of fused-ring (bicyclic) bond motifs is 6. The topological polar surface area (TPSA) is 67.1 Å². The maximum atomic E-state index is 13.3. The molecule has 7 heteroatoms. The molecule has 0 fully saturated rings. The Morgan fingerprint density at radius 2 is 2.07 bits per heavy atom. The van der Waals surface area contributed by atoms with Crippen molar-refractivity contribution in [3.05, 3.63) is 82.8 Å². The molecule has 1 amide bonds. The highest BCUT2D eigenvalue weighted by Gasteiger charge is 2.61. The lowest BCUT2D eigenvalue weighted by Gasteiger charge is -2.43. The van der Waals surface area contributed by atoms with Gasteiger partial charge in [-0.25, -0.2) is 5.01 Å². The Morgan fingerprint density at radius 1 is 1.18 bits per heavy atom. The molecule has 4 heterocycles. The number of nitrogens with zero attached hydrogens (tertiary/aromatic N) is 2. The van der Waals surface area contributed by atoms with Gasteiger partial charge in [0.05, 0.1) is 23.6 Å². The first-order valence-electron chi connectivity index (χ1n) is 8.97. The molecule has 1 spiro atoms. The van der Waals surface area contributed by atoms with E-state index >= 15 is 0 Å². The van der Waals surface area contributed by atoms with Crippen LogP contribution in [0.2, 0.25) is 5.02 Å². The highest BCUT2D eigenvalue weighted by Crippen LogP contribution is 2.54. The van der Waals surface area contributed by atoms with Crippen LogP contribution in [0.4, 0.5) is 5.69 Å². The van der Waals surface area contributed by atoms with Gasteiger partial charge in [-0.2, -0.15) is 5.10 Å². The molecule has 2 atom stereocenters. The van der Waals surface area contributed by atoms with Gasteiger partial charge in [0.15, 0.2) is 0 Å². The molecule has 6 rings (SSSR count). The van der Waals surface area contributed by atoms with Crippen molar-refractivity contribution < 1.29 is 13.9 Å². The Balaban J connectivity index is 1.60. The van der Waals surface area contributed by atoms with Crippen molar-refractivity contribution in [3.8, 4) is 5.75 Å². The second kappa shape index (κ2) is 5.39. The van der Waals surface area contributed by atoms with Gasteiger partial charge in [0, 0.05) is 17.0 Å². The van der Waals surface area contributed by atoms with E-state index in [0.717, 1.165) is 11.3 Å². The fourth-order valence-corrected chi connectivity index (χ4v) is 4.43. The van der Waals surface area contributed by atoms with E-state index < -0.39 is 5.72 Å². The lowest BCUT2D eigenvalue weighted by atomic mass is 9.93. The number of amides is 1. The van der Waals surface area contributed by atoms with Crippen molar-refractivity contribution in [1.82, 2.24) is 5.01 Å². The van der Waals surface area contributed by atoms with Gasteiger partial charge in [0.25, 0.3) is 5.91 Å². The van der Waals surface area contributed by atoms with Crippen LogP contribution in [0.15, 0.2) is 70.4 Å². The minimum Gasteiger partial charge on any atom is -0.463 e. The second-order valence-electron chi connectivity index (χ2n) is 7.02. The van der Waals surface area contributed by atoms with E-state index in [2.05, 4.69) is 5.32 Å². The van der Waals surface area contributed by atoms with Gasteiger partial charge in [0.2, 0.25) is 0 Å². The molecule has 1 aromatic heterocycles. The fourth-order valence-electron chi connectivity index (χ4n) is 4.25. The molecule has 3 aromatic rings. The molecule has 1 N–H and O–H groups in total. The monoisotopic (exact) mass is 391 g/mol. The SMILES string of the molecule is O=C1Nc2ccc(Cl)cc2[C@@]12Oc1ccccc1[C@@H]1CC(c3ccco3)=NN12. The molecule has 6 nitrogen and oxygen atoms in total. The van der Waals surface area contributed by atoms with E-state index in [1.54, 1.807) is 29.5 Å².